The van der Waals surface area contributed by atoms with E-state index in [2.05, 4.69) is 42.3 Å². The van der Waals surface area contributed by atoms with Crippen LogP contribution >= 0.6 is 11.6 Å². The van der Waals surface area contributed by atoms with Crippen LogP contribution in [0.4, 0.5) is 11.8 Å². The van der Waals surface area contributed by atoms with Crippen molar-refractivity contribution in [2.24, 2.45) is 0 Å². The van der Waals surface area contributed by atoms with E-state index in [0.717, 1.165) is 42.0 Å². The van der Waals surface area contributed by atoms with Gasteiger partial charge in [0.15, 0.2) is 0 Å². The minimum absolute atomic E-state index is 0.386. The Balaban J connectivity index is 1.60. The summed E-state index contributed by atoms with van der Waals surface area (Å²) in [7, 11) is 0. The van der Waals surface area contributed by atoms with Gasteiger partial charge in [0.2, 0.25) is 5.95 Å². The molecule has 1 aliphatic heterocycles. The number of fused-ring (bicyclic) bond motifs is 1. The van der Waals surface area contributed by atoms with Crippen LogP contribution in [0.5, 0.6) is 0 Å². The second kappa shape index (κ2) is 7.43. The second-order valence-electron chi connectivity index (χ2n) is 7.84. The number of hydrogen-bond acceptors (Lipinski definition) is 4. The number of rotatable bonds is 4. The van der Waals surface area contributed by atoms with Crippen molar-refractivity contribution in [3.63, 3.8) is 0 Å². The van der Waals surface area contributed by atoms with E-state index in [1.54, 1.807) is 0 Å². The van der Waals surface area contributed by atoms with Crippen LogP contribution in [0.15, 0.2) is 24.3 Å². The molecule has 1 aromatic carbocycles. The Labute approximate surface area is 161 Å². The predicted octanol–water partition coefficient (Wildman–Crippen LogP) is 5.17. The molecule has 26 heavy (non-hydrogen) atoms. The van der Waals surface area contributed by atoms with Crippen LogP contribution in [0.2, 0.25) is 5.02 Å². The van der Waals surface area contributed by atoms with E-state index >= 15 is 0 Å². The van der Waals surface area contributed by atoms with Gasteiger partial charge in [-0.15, -0.1) is 0 Å². The van der Waals surface area contributed by atoms with Crippen molar-refractivity contribution in [3.8, 4) is 0 Å². The van der Waals surface area contributed by atoms with Crippen molar-refractivity contribution < 1.29 is 0 Å². The molecule has 138 valence electrons. The van der Waals surface area contributed by atoms with Crippen LogP contribution in [-0.4, -0.2) is 22.6 Å². The highest BCUT2D eigenvalue weighted by Crippen LogP contribution is 2.29. The standard InChI is InChI=1S/C21H27ClN4/c1-14(2)19-12-20(25-21(24-19)23-18-5-3-4-6-18)26-10-9-15-11-17(22)8-7-16(15)13-26/h7-8,11-12,14,18H,3-6,9-10,13H2,1-2H3,(H,23,24,25). The maximum Gasteiger partial charge on any atom is 0.225 e. The van der Waals surface area contributed by atoms with E-state index in [4.69, 9.17) is 21.6 Å². The number of nitrogens with one attached hydrogen (secondary N) is 1. The molecule has 2 heterocycles. The third-order valence-corrected chi connectivity index (χ3v) is 5.75. The van der Waals surface area contributed by atoms with E-state index in [0.29, 0.717) is 12.0 Å². The van der Waals surface area contributed by atoms with Crippen LogP contribution < -0.4 is 10.2 Å². The van der Waals surface area contributed by atoms with Crippen LogP contribution in [0, 0.1) is 0 Å². The van der Waals surface area contributed by atoms with Gasteiger partial charge >= 0.3 is 0 Å². The van der Waals surface area contributed by atoms with Gasteiger partial charge in [-0.3, -0.25) is 0 Å². The van der Waals surface area contributed by atoms with Gasteiger partial charge in [-0.2, -0.15) is 4.98 Å². The Morgan fingerprint density at radius 3 is 2.69 bits per heavy atom. The fourth-order valence-electron chi connectivity index (χ4n) is 3.94. The van der Waals surface area contributed by atoms with Crippen LogP contribution in [-0.2, 0) is 13.0 Å². The smallest absolute Gasteiger partial charge is 0.225 e. The van der Waals surface area contributed by atoms with Crippen molar-refractivity contribution in [2.75, 3.05) is 16.8 Å². The molecule has 1 aromatic heterocycles. The zero-order chi connectivity index (χ0) is 18.1. The van der Waals surface area contributed by atoms with E-state index in [1.807, 2.05) is 6.07 Å². The average Bonchev–Trinajstić information content (AvgIpc) is 3.14. The Morgan fingerprint density at radius 2 is 1.92 bits per heavy atom. The first-order valence-corrected chi connectivity index (χ1v) is 10.1. The van der Waals surface area contributed by atoms with Gasteiger partial charge in [-0.25, -0.2) is 4.98 Å². The molecular weight excluding hydrogens is 344 g/mol. The SMILES string of the molecule is CC(C)c1cc(N2CCc3cc(Cl)ccc3C2)nc(NC2CCCC2)n1. The van der Waals surface area contributed by atoms with Gasteiger partial charge in [-0.1, -0.05) is 44.4 Å². The van der Waals surface area contributed by atoms with Crippen molar-refractivity contribution in [3.05, 3.63) is 46.1 Å². The summed E-state index contributed by atoms with van der Waals surface area (Å²) in [5, 5.41) is 4.40. The predicted molar refractivity (Wildman–Crippen MR) is 108 cm³/mol. The number of benzene rings is 1. The van der Waals surface area contributed by atoms with Crippen molar-refractivity contribution >= 4 is 23.4 Å². The monoisotopic (exact) mass is 370 g/mol. The van der Waals surface area contributed by atoms with E-state index in [1.165, 1.54) is 36.8 Å². The molecule has 2 aliphatic rings. The highest BCUT2D eigenvalue weighted by Gasteiger charge is 2.21. The summed E-state index contributed by atoms with van der Waals surface area (Å²) in [6.07, 6.45) is 6.06. The minimum atomic E-state index is 0.386. The number of nitrogens with zero attached hydrogens (tertiary/aromatic N) is 3. The third-order valence-electron chi connectivity index (χ3n) is 5.52. The Kier molecular flexibility index (Phi) is 5.03. The van der Waals surface area contributed by atoms with Crippen LogP contribution in [0.3, 0.4) is 0 Å². The number of anilines is 2. The van der Waals surface area contributed by atoms with E-state index < -0.39 is 0 Å². The molecule has 1 fully saturated rings. The van der Waals surface area contributed by atoms with Gasteiger partial charge in [0.05, 0.1) is 5.69 Å². The van der Waals surface area contributed by atoms with Crippen molar-refractivity contribution in [1.82, 2.24) is 9.97 Å². The average molecular weight is 371 g/mol. The summed E-state index contributed by atoms with van der Waals surface area (Å²) in [6, 6.07) is 8.91. The molecule has 0 unspecified atom stereocenters. The number of aromatic nitrogens is 2. The molecule has 2 aromatic rings. The van der Waals surface area contributed by atoms with E-state index in [-0.39, 0.29) is 0 Å². The highest BCUT2D eigenvalue weighted by molar-refractivity contribution is 6.30. The first-order valence-electron chi connectivity index (χ1n) is 9.76. The molecule has 1 saturated carbocycles. The lowest BCUT2D eigenvalue weighted by Gasteiger charge is -2.30. The maximum absolute atomic E-state index is 6.14. The van der Waals surface area contributed by atoms with E-state index in [9.17, 15) is 0 Å². The summed E-state index contributed by atoms with van der Waals surface area (Å²) in [6.45, 7) is 6.23. The lowest BCUT2D eigenvalue weighted by Crippen LogP contribution is -2.31. The van der Waals surface area contributed by atoms with Gasteiger partial charge in [0.1, 0.15) is 5.82 Å². The largest absolute Gasteiger partial charge is 0.352 e. The highest BCUT2D eigenvalue weighted by atomic mass is 35.5. The molecular formula is C21H27ClN4. The van der Waals surface area contributed by atoms with Crippen molar-refractivity contribution in [1.29, 1.82) is 0 Å². The van der Waals surface area contributed by atoms with Crippen molar-refractivity contribution in [2.45, 2.75) is 64.5 Å². The Hall–Kier alpha value is -1.81. The Morgan fingerprint density at radius 1 is 1.12 bits per heavy atom. The first kappa shape index (κ1) is 17.6. The molecule has 0 atom stereocenters. The molecule has 0 saturated heterocycles. The zero-order valence-electron chi connectivity index (χ0n) is 15.6. The molecule has 4 rings (SSSR count). The summed E-state index contributed by atoms with van der Waals surface area (Å²) < 4.78 is 0. The molecule has 5 heteroatoms. The minimum Gasteiger partial charge on any atom is -0.352 e. The number of hydrogen-bond donors (Lipinski definition) is 1. The molecule has 1 N–H and O–H groups in total. The third kappa shape index (κ3) is 3.80. The topological polar surface area (TPSA) is 41.1 Å². The molecule has 0 amide bonds. The van der Waals surface area contributed by atoms with Gasteiger partial charge in [-0.05, 0) is 48.4 Å². The zero-order valence-corrected chi connectivity index (χ0v) is 16.4. The molecule has 1 aliphatic carbocycles. The van der Waals surface area contributed by atoms with Crippen LogP contribution in [0.1, 0.15) is 62.3 Å². The quantitative estimate of drug-likeness (QED) is 0.805. The fraction of sp³-hybridized carbons (Fsp3) is 0.524. The maximum atomic E-state index is 6.14. The normalized spacial score (nSPS) is 17.6. The van der Waals surface area contributed by atoms with Gasteiger partial charge < -0.3 is 10.2 Å². The Bertz CT molecular complexity index is 784. The molecule has 0 bridgehead atoms. The second-order valence-corrected chi connectivity index (χ2v) is 8.28. The summed E-state index contributed by atoms with van der Waals surface area (Å²) in [5.74, 6) is 2.21. The molecule has 0 spiro atoms. The molecule has 4 nitrogen and oxygen atoms in total. The van der Waals surface area contributed by atoms with Gasteiger partial charge in [0.25, 0.3) is 0 Å². The van der Waals surface area contributed by atoms with Gasteiger partial charge in [0, 0.05) is 30.2 Å². The van der Waals surface area contributed by atoms with Crippen LogP contribution in [0.25, 0.3) is 0 Å². The molecule has 0 radical (unpaired) electrons. The summed E-state index contributed by atoms with van der Waals surface area (Å²) in [5.41, 5.74) is 3.81. The summed E-state index contributed by atoms with van der Waals surface area (Å²) in [4.78, 5) is 12.0. The summed E-state index contributed by atoms with van der Waals surface area (Å²) >= 11 is 6.14. The lowest BCUT2D eigenvalue weighted by atomic mass is 10.00. The number of halogens is 1. The lowest BCUT2D eigenvalue weighted by molar-refractivity contribution is 0.705. The first-order chi connectivity index (χ1) is 12.6. The fourth-order valence-corrected chi connectivity index (χ4v) is 4.14.